The van der Waals surface area contributed by atoms with E-state index in [1.807, 2.05) is 25.1 Å². The van der Waals surface area contributed by atoms with Crippen molar-refractivity contribution < 1.29 is 19.1 Å². The molecule has 0 bridgehead atoms. The molecule has 2 aromatic carbocycles. The first kappa shape index (κ1) is 17.8. The summed E-state index contributed by atoms with van der Waals surface area (Å²) in [6.07, 6.45) is -0.150. The highest BCUT2D eigenvalue weighted by Crippen LogP contribution is 2.22. The van der Waals surface area contributed by atoms with E-state index < -0.39 is 12.1 Å². The largest absolute Gasteiger partial charge is 0.481 e. The zero-order valence-electron chi connectivity index (χ0n) is 13.4. The third-order valence-electron chi connectivity index (χ3n) is 3.32. The normalized spacial score (nSPS) is 11.5. The molecule has 6 heteroatoms. The van der Waals surface area contributed by atoms with Crippen LogP contribution in [0.4, 0.5) is 5.69 Å². The molecular weight excluding hydrogens is 330 g/mol. The molecule has 0 fully saturated rings. The minimum atomic E-state index is -0.648. The number of amides is 1. The van der Waals surface area contributed by atoms with Gasteiger partial charge >= 0.3 is 5.97 Å². The topological polar surface area (TPSA) is 64.6 Å². The van der Waals surface area contributed by atoms with Crippen molar-refractivity contribution in [3.63, 3.8) is 0 Å². The van der Waals surface area contributed by atoms with Crippen molar-refractivity contribution in [1.29, 1.82) is 0 Å². The van der Waals surface area contributed by atoms with Gasteiger partial charge < -0.3 is 14.8 Å². The summed E-state index contributed by atoms with van der Waals surface area (Å²) in [7, 11) is 1.27. The number of carbonyl (C=O) groups excluding carboxylic acids is 2. The third-order valence-corrected chi connectivity index (χ3v) is 3.65. The molecule has 2 aromatic rings. The van der Waals surface area contributed by atoms with Gasteiger partial charge in [-0.25, -0.2) is 4.79 Å². The maximum atomic E-state index is 12.4. The van der Waals surface area contributed by atoms with Gasteiger partial charge in [0.25, 0.3) is 5.91 Å². The molecule has 0 unspecified atom stereocenters. The van der Waals surface area contributed by atoms with Gasteiger partial charge in [0.15, 0.2) is 6.10 Å². The molecule has 2 rings (SSSR count). The Morgan fingerprint density at radius 1 is 1.17 bits per heavy atom. The number of hydrogen-bond donors (Lipinski definition) is 1. The first-order valence-corrected chi connectivity index (χ1v) is 7.83. The van der Waals surface area contributed by atoms with Crippen LogP contribution in [0.15, 0.2) is 48.5 Å². The lowest BCUT2D eigenvalue weighted by atomic mass is 10.2. The van der Waals surface area contributed by atoms with Crippen molar-refractivity contribution in [1.82, 2.24) is 0 Å². The average molecular weight is 348 g/mol. The zero-order chi connectivity index (χ0) is 17.5. The van der Waals surface area contributed by atoms with Gasteiger partial charge in [0.05, 0.1) is 17.7 Å². The number of carbonyl (C=O) groups is 2. The van der Waals surface area contributed by atoms with Crippen molar-refractivity contribution in [3.05, 3.63) is 59.1 Å². The third kappa shape index (κ3) is 4.49. The van der Waals surface area contributed by atoms with Crippen molar-refractivity contribution in [2.45, 2.75) is 19.4 Å². The van der Waals surface area contributed by atoms with Crippen LogP contribution in [-0.2, 0) is 9.53 Å². The van der Waals surface area contributed by atoms with E-state index in [1.165, 1.54) is 19.2 Å². The predicted octanol–water partition coefficient (Wildman–Crippen LogP) is 3.92. The minimum Gasteiger partial charge on any atom is -0.481 e. The number of hydrogen-bond acceptors (Lipinski definition) is 4. The lowest BCUT2D eigenvalue weighted by molar-refractivity contribution is -0.122. The molecule has 1 atom stereocenters. The van der Waals surface area contributed by atoms with E-state index >= 15 is 0 Å². The van der Waals surface area contributed by atoms with Crippen LogP contribution in [0, 0.1) is 0 Å². The van der Waals surface area contributed by atoms with Crippen LogP contribution in [0.2, 0.25) is 5.02 Å². The van der Waals surface area contributed by atoms with Crippen molar-refractivity contribution in [2.24, 2.45) is 0 Å². The van der Waals surface area contributed by atoms with Gasteiger partial charge in [0.2, 0.25) is 0 Å². The number of esters is 1. The second-order valence-corrected chi connectivity index (χ2v) is 5.41. The molecular formula is C18H18ClNO4. The quantitative estimate of drug-likeness (QED) is 0.804. The first-order valence-electron chi connectivity index (χ1n) is 7.45. The van der Waals surface area contributed by atoms with Gasteiger partial charge in [0.1, 0.15) is 5.75 Å². The second-order valence-electron chi connectivity index (χ2n) is 5.00. The number of anilines is 1. The van der Waals surface area contributed by atoms with E-state index in [4.69, 9.17) is 16.3 Å². The van der Waals surface area contributed by atoms with Crippen molar-refractivity contribution >= 4 is 29.2 Å². The Morgan fingerprint density at radius 3 is 2.50 bits per heavy atom. The molecule has 1 N–H and O–H groups in total. The summed E-state index contributed by atoms with van der Waals surface area (Å²) in [5.74, 6) is -0.256. The standard InChI is InChI=1S/C18H18ClNO4/c1-3-16(24-13-7-5-4-6-8-13)17(21)20-12-9-10-15(19)14(11-12)18(22)23-2/h4-11,16H,3H2,1-2H3,(H,20,21)/t16-/m1/s1. The average Bonchev–Trinajstić information content (AvgIpc) is 2.61. The van der Waals surface area contributed by atoms with Crippen LogP contribution in [0.25, 0.3) is 0 Å². The van der Waals surface area contributed by atoms with E-state index in [2.05, 4.69) is 10.1 Å². The Morgan fingerprint density at radius 2 is 1.88 bits per heavy atom. The fourth-order valence-electron chi connectivity index (χ4n) is 2.08. The van der Waals surface area contributed by atoms with E-state index in [9.17, 15) is 9.59 Å². The molecule has 0 saturated carbocycles. The number of rotatable bonds is 6. The minimum absolute atomic E-state index is 0.189. The molecule has 0 radical (unpaired) electrons. The SMILES string of the molecule is CC[C@@H](Oc1ccccc1)C(=O)Nc1ccc(Cl)c(C(=O)OC)c1. The summed E-state index contributed by atoms with van der Waals surface area (Å²) in [5.41, 5.74) is 0.633. The Bertz CT molecular complexity index is 718. The fourth-order valence-corrected chi connectivity index (χ4v) is 2.27. The monoisotopic (exact) mass is 347 g/mol. The van der Waals surface area contributed by atoms with Crippen LogP contribution < -0.4 is 10.1 Å². The molecule has 0 heterocycles. The highest BCUT2D eigenvalue weighted by atomic mass is 35.5. The van der Waals surface area contributed by atoms with E-state index in [1.54, 1.807) is 18.2 Å². The van der Waals surface area contributed by atoms with Crippen LogP contribution in [-0.4, -0.2) is 25.1 Å². The summed E-state index contributed by atoms with van der Waals surface area (Å²) in [6, 6.07) is 13.7. The van der Waals surface area contributed by atoms with Gasteiger partial charge in [0, 0.05) is 5.69 Å². The van der Waals surface area contributed by atoms with Gasteiger partial charge in [-0.15, -0.1) is 0 Å². The van der Waals surface area contributed by atoms with Crippen LogP contribution in [0.1, 0.15) is 23.7 Å². The molecule has 0 aromatic heterocycles. The Hall–Kier alpha value is -2.53. The second kappa shape index (κ2) is 8.36. The number of nitrogens with one attached hydrogen (secondary N) is 1. The summed E-state index contributed by atoms with van der Waals surface area (Å²) in [4.78, 5) is 24.1. The Balaban J connectivity index is 2.11. The molecule has 24 heavy (non-hydrogen) atoms. The van der Waals surface area contributed by atoms with Crippen molar-refractivity contribution in [3.8, 4) is 5.75 Å². The van der Waals surface area contributed by atoms with Crippen LogP contribution >= 0.6 is 11.6 Å². The first-order chi connectivity index (χ1) is 11.5. The highest BCUT2D eigenvalue weighted by molar-refractivity contribution is 6.33. The number of para-hydroxylation sites is 1. The van der Waals surface area contributed by atoms with Crippen molar-refractivity contribution in [2.75, 3.05) is 12.4 Å². The smallest absolute Gasteiger partial charge is 0.339 e. The van der Waals surface area contributed by atoms with Gasteiger partial charge in [-0.3, -0.25) is 4.79 Å². The molecule has 0 spiro atoms. The number of ether oxygens (including phenoxy) is 2. The summed E-state index contributed by atoms with van der Waals surface area (Å²) < 4.78 is 10.4. The summed E-state index contributed by atoms with van der Waals surface area (Å²) in [6.45, 7) is 1.86. The predicted molar refractivity (Wildman–Crippen MR) is 92.6 cm³/mol. The van der Waals surface area contributed by atoms with Gasteiger partial charge in [-0.2, -0.15) is 0 Å². The molecule has 0 aliphatic carbocycles. The number of methoxy groups -OCH3 is 1. The van der Waals surface area contributed by atoms with E-state index in [0.717, 1.165) is 0 Å². The number of halogens is 1. The fraction of sp³-hybridized carbons (Fsp3) is 0.222. The molecule has 0 aliphatic rings. The molecule has 0 aliphatic heterocycles. The molecule has 1 amide bonds. The Kier molecular flexibility index (Phi) is 6.21. The Labute approximate surface area is 145 Å². The summed E-state index contributed by atoms with van der Waals surface area (Å²) >= 11 is 5.97. The lowest BCUT2D eigenvalue weighted by Gasteiger charge is -2.17. The molecule has 0 saturated heterocycles. The number of benzene rings is 2. The van der Waals surface area contributed by atoms with Gasteiger partial charge in [-0.05, 0) is 36.8 Å². The highest BCUT2D eigenvalue weighted by Gasteiger charge is 2.19. The molecule has 5 nitrogen and oxygen atoms in total. The van der Waals surface area contributed by atoms with Crippen LogP contribution in [0.3, 0.4) is 0 Å². The van der Waals surface area contributed by atoms with Gasteiger partial charge in [-0.1, -0.05) is 36.7 Å². The summed E-state index contributed by atoms with van der Waals surface area (Å²) in [5, 5.41) is 2.99. The van der Waals surface area contributed by atoms with E-state index in [-0.39, 0.29) is 16.5 Å². The van der Waals surface area contributed by atoms with E-state index in [0.29, 0.717) is 17.9 Å². The zero-order valence-corrected chi connectivity index (χ0v) is 14.2. The maximum absolute atomic E-state index is 12.4. The van der Waals surface area contributed by atoms with Crippen LogP contribution in [0.5, 0.6) is 5.75 Å². The molecule has 126 valence electrons. The maximum Gasteiger partial charge on any atom is 0.339 e. The lowest BCUT2D eigenvalue weighted by Crippen LogP contribution is -2.32.